The number of hydrogen-bond acceptors (Lipinski definition) is 3. The molecule has 0 bridgehead atoms. The molecule has 1 rings (SSSR count). The summed E-state index contributed by atoms with van der Waals surface area (Å²) < 4.78 is 0. The number of nitrogens with zero attached hydrogens (tertiary/aromatic N) is 1. The molecule has 0 aliphatic heterocycles. The van der Waals surface area contributed by atoms with Crippen LogP contribution in [0.1, 0.15) is 26.3 Å². The minimum Gasteiger partial charge on any atom is -0.481 e. The summed E-state index contributed by atoms with van der Waals surface area (Å²) in [4.78, 5) is 24.5. The molecular formula is C15H22N2O4. The molecule has 1 unspecified atom stereocenters. The standard InChI is InChI=1S/C15H22N2O4/c1-10(9-18)17(4)14(21)16-12-7-5-11(6-8-12)15(2,3)13(19)20/h5-8,10,18H,9H2,1-4H3,(H,16,21)(H,19,20). The molecule has 0 heterocycles. The van der Waals surface area contributed by atoms with Gasteiger partial charge in [-0.05, 0) is 38.5 Å². The molecule has 0 aliphatic carbocycles. The Morgan fingerprint density at radius 1 is 1.29 bits per heavy atom. The molecule has 6 nitrogen and oxygen atoms in total. The van der Waals surface area contributed by atoms with E-state index in [-0.39, 0.29) is 18.7 Å². The zero-order valence-electron chi connectivity index (χ0n) is 12.8. The Morgan fingerprint density at radius 3 is 2.24 bits per heavy atom. The van der Waals surface area contributed by atoms with Gasteiger partial charge in [-0.3, -0.25) is 4.79 Å². The molecule has 0 saturated carbocycles. The molecule has 0 saturated heterocycles. The Bertz CT molecular complexity index is 511. The number of aliphatic carboxylic acids is 1. The first kappa shape index (κ1) is 17.0. The normalized spacial score (nSPS) is 12.6. The molecular weight excluding hydrogens is 272 g/mol. The number of benzene rings is 1. The lowest BCUT2D eigenvalue weighted by atomic mass is 9.85. The van der Waals surface area contributed by atoms with Crippen LogP contribution < -0.4 is 5.32 Å². The predicted molar refractivity (Wildman–Crippen MR) is 80.4 cm³/mol. The number of hydrogen-bond donors (Lipinski definition) is 3. The fourth-order valence-corrected chi connectivity index (χ4v) is 1.63. The molecule has 1 aromatic carbocycles. The molecule has 1 aromatic rings. The summed E-state index contributed by atoms with van der Waals surface area (Å²) in [5.74, 6) is -0.907. The first-order chi connectivity index (χ1) is 9.70. The van der Waals surface area contributed by atoms with Crippen LogP contribution in [0.5, 0.6) is 0 Å². The predicted octanol–water partition coefficient (Wildman–Crippen LogP) is 1.89. The van der Waals surface area contributed by atoms with Crippen molar-refractivity contribution in [1.82, 2.24) is 4.90 Å². The number of carboxylic acids is 1. The molecule has 0 fully saturated rings. The lowest BCUT2D eigenvalue weighted by Gasteiger charge is -2.24. The third-order valence-corrected chi connectivity index (χ3v) is 3.64. The second-order valence-corrected chi connectivity index (χ2v) is 5.58. The number of carbonyl (C=O) groups excluding carboxylic acids is 1. The molecule has 21 heavy (non-hydrogen) atoms. The maximum Gasteiger partial charge on any atom is 0.321 e. The van der Waals surface area contributed by atoms with E-state index in [1.807, 2.05) is 0 Å². The summed E-state index contributed by atoms with van der Waals surface area (Å²) in [6, 6.07) is 6.07. The number of aliphatic hydroxyl groups is 1. The van der Waals surface area contributed by atoms with Gasteiger partial charge >= 0.3 is 12.0 Å². The van der Waals surface area contributed by atoms with Gasteiger partial charge in [-0.25, -0.2) is 4.79 Å². The van der Waals surface area contributed by atoms with Gasteiger partial charge in [0.1, 0.15) is 0 Å². The molecule has 6 heteroatoms. The van der Waals surface area contributed by atoms with Crippen LogP contribution >= 0.6 is 0 Å². The van der Waals surface area contributed by atoms with Crippen LogP contribution in [0.25, 0.3) is 0 Å². The van der Waals surface area contributed by atoms with E-state index in [4.69, 9.17) is 5.11 Å². The zero-order valence-corrected chi connectivity index (χ0v) is 12.8. The lowest BCUT2D eigenvalue weighted by Crippen LogP contribution is -2.40. The largest absolute Gasteiger partial charge is 0.481 e. The molecule has 0 aliphatic rings. The highest BCUT2D eigenvalue weighted by molar-refractivity contribution is 5.89. The van der Waals surface area contributed by atoms with Crippen LogP contribution in [0.15, 0.2) is 24.3 Å². The maximum absolute atomic E-state index is 11.9. The van der Waals surface area contributed by atoms with E-state index >= 15 is 0 Å². The van der Waals surface area contributed by atoms with E-state index in [2.05, 4.69) is 5.32 Å². The Kier molecular flexibility index (Phi) is 5.32. The zero-order chi connectivity index (χ0) is 16.2. The third-order valence-electron chi connectivity index (χ3n) is 3.64. The van der Waals surface area contributed by atoms with Crippen molar-refractivity contribution in [1.29, 1.82) is 0 Å². The highest BCUT2D eigenvalue weighted by atomic mass is 16.4. The van der Waals surface area contributed by atoms with E-state index in [9.17, 15) is 14.7 Å². The van der Waals surface area contributed by atoms with Gasteiger partial charge in [0.15, 0.2) is 0 Å². The molecule has 2 amide bonds. The van der Waals surface area contributed by atoms with Gasteiger partial charge in [0, 0.05) is 12.7 Å². The minimum absolute atomic E-state index is 0.115. The van der Waals surface area contributed by atoms with Crippen LogP contribution in [-0.2, 0) is 10.2 Å². The summed E-state index contributed by atoms with van der Waals surface area (Å²) in [5.41, 5.74) is 0.247. The van der Waals surface area contributed by atoms with Crippen molar-refractivity contribution in [2.75, 3.05) is 19.0 Å². The number of likely N-dealkylation sites (N-methyl/N-ethyl adjacent to an activating group) is 1. The lowest BCUT2D eigenvalue weighted by molar-refractivity contribution is -0.142. The number of nitrogens with one attached hydrogen (secondary N) is 1. The molecule has 0 aromatic heterocycles. The van der Waals surface area contributed by atoms with Gasteiger partial charge in [0.25, 0.3) is 0 Å². The first-order valence-electron chi connectivity index (χ1n) is 6.68. The molecule has 0 radical (unpaired) electrons. The fourth-order valence-electron chi connectivity index (χ4n) is 1.63. The van der Waals surface area contributed by atoms with Crippen LogP contribution in [0.2, 0.25) is 0 Å². The number of rotatable bonds is 5. The number of amides is 2. The second kappa shape index (κ2) is 6.58. The molecule has 3 N–H and O–H groups in total. The monoisotopic (exact) mass is 294 g/mol. The van der Waals surface area contributed by atoms with Crippen molar-refractivity contribution in [3.05, 3.63) is 29.8 Å². The van der Waals surface area contributed by atoms with Crippen LogP contribution in [0.3, 0.4) is 0 Å². The first-order valence-corrected chi connectivity index (χ1v) is 6.68. The van der Waals surface area contributed by atoms with Gasteiger partial charge in [0.2, 0.25) is 0 Å². The summed E-state index contributed by atoms with van der Waals surface area (Å²) in [5, 5.41) is 20.9. The van der Waals surface area contributed by atoms with Crippen molar-refractivity contribution in [3.8, 4) is 0 Å². The number of urea groups is 1. The molecule has 116 valence electrons. The van der Waals surface area contributed by atoms with Crippen molar-refractivity contribution in [3.63, 3.8) is 0 Å². The Hall–Kier alpha value is -2.08. The third kappa shape index (κ3) is 3.95. The Balaban J connectivity index is 2.80. The maximum atomic E-state index is 11.9. The van der Waals surface area contributed by atoms with E-state index in [1.165, 1.54) is 4.90 Å². The van der Waals surface area contributed by atoms with Gasteiger partial charge in [0.05, 0.1) is 18.1 Å². The Labute approximate surface area is 124 Å². The molecule has 0 spiro atoms. The van der Waals surface area contributed by atoms with Crippen molar-refractivity contribution in [2.45, 2.75) is 32.2 Å². The summed E-state index contributed by atoms with van der Waals surface area (Å²) in [7, 11) is 1.60. The quantitative estimate of drug-likeness (QED) is 0.773. The van der Waals surface area contributed by atoms with Gasteiger partial charge in [-0.15, -0.1) is 0 Å². The van der Waals surface area contributed by atoms with Gasteiger partial charge in [-0.1, -0.05) is 12.1 Å². The summed E-state index contributed by atoms with van der Waals surface area (Å²) >= 11 is 0. The van der Waals surface area contributed by atoms with Crippen molar-refractivity contribution >= 4 is 17.7 Å². The van der Waals surface area contributed by atoms with E-state index in [0.717, 1.165) is 0 Å². The van der Waals surface area contributed by atoms with Gasteiger partial charge in [-0.2, -0.15) is 0 Å². The topological polar surface area (TPSA) is 89.9 Å². The SMILES string of the molecule is CC(CO)N(C)C(=O)Nc1ccc(C(C)(C)C(=O)O)cc1. The van der Waals surface area contributed by atoms with E-state index < -0.39 is 11.4 Å². The summed E-state index contributed by atoms with van der Waals surface area (Å²) in [6.45, 7) is 4.87. The van der Waals surface area contributed by atoms with Crippen LogP contribution in [0.4, 0.5) is 10.5 Å². The smallest absolute Gasteiger partial charge is 0.321 e. The fraction of sp³-hybridized carbons (Fsp3) is 0.467. The minimum atomic E-state index is -0.981. The summed E-state index contributed by atoms with van der Waals surface area (Å²) in [6.07, 6.45) is 0. The van der Waals surface area contributed by atoms with E-state index in [0.29, 0.717) is 11.3 Å². The average molecular weight is 294 g/mol. The number of aliphatic hydroxyl groups excluding tert-OH is 1. The second-order valence-electron chi connectivity index (χ2n) is 5.58. The average Bonchev–Trinajstić information content (AvgIpc) is 2.45. The van der Waals surface area contributed by atoms with E-state index in [1.54, 1.807) is 52.1 Å². The highest BCUT2D eigenvalue weighted by Crippen LogP contribution is 2.24. The van der Waals surface area contributed by atoms with Crippen LogP contribution in [0, 0.1) is 0 Å². The molecule has 1 atom stereocenters. The highest BCUT2D eigenvalue weighted by Gasteiger charge is 2.29. The number of carboxylic acid groups (broad SMARTS) is 1. The number of carbonyl (C=O) groups is 2. The number of anilines is 1. The van der Waals surface area contributed by atoms with Crippen LogP contribution in [-0.4, -0.2) is 46.8 Å². The van der Waals surface area contributed by atoms with Crippen molar-refractivity contribution < 1.29 is 19.8 Å². The van der Waals surface area contributed by atoms with Crippen molar-refractivity contribution in [2.24, 2.45) is 0 Å². The van der Waals surface area contributed by atoms with Gasteiger partial charge < -0.3 is 20.4 Å². The Morgan fingerprint density at radius 2 is 1.81 bits per heavy atom.